The van der Waals surface area contributed by atoms with Gasteiger partial charge in [0.2, 0.25) is 5.91 Å². The minimum Gasteiger partial charge on any atom is -0.491 e. The average Bonchev–Trinajstić information content (AvgIpc) is 3.74. The van der Waals surface area contributed by atoms with Crippen LogP contribution in [-0.4, -0.2) is 70.8 Å². The number of urea groups is 2. The number of ether oxygens (including phenoxy) is 2. The van der Waals surface area contributed by atoms with Crippen molar-refractivity contribution in [2.45, 2.75) is 42.6 Å². The van der Waals surface area contributed by atoms with Crippen LogP contribution in [0.15, 0.2) is 133 Å². The van der Waals surface area contributed by atoms with E-state index in [1.165, 1.54) is 6.07 Å². The molecule has 7 atom stereocenters. The Morgan fingerprint density at radius 3 is 2.18 bits per heavy atom. The molecule has 3 heterocycles. The van der Waals surface area contributed by atoms with Crippen LogP contribution >= 0.6 is 0 Å². The van der Waals surface area contributed by atoms with E-state index in [1.807, 2.05) is 91.0 Å². The van der Waals surface area contributed by atoms with Gasteiger partial charge in [-0.1, -0.05) is 121 Å². The molecule has 2 fully saturated rings. The number of rotatable bonds is 10. The molecule has 5 aromatic rings. The molecule has 0 saturated carbocycles. The van der Waals surface area contributed by atoms with Gasteiger partial charge >= 0.3 is 24.0 Å². The largest absolute Gasteiger partial charge is 0.491 e. The summed E-state index contributed by atoms with van der Waals surface area (Å²) in [6.45, 7) is 1.15. The van der Waals surface area contributed by atoms with Crippen LogP contribution in [0.3, 0.4) is 0 Å². The number of amides is 5. The molecule has 6 N–H and O–H groups in total. The SMILES string of the molecule is CC(NC(=O)N1C(=O)C2(c3cc(C#CCNC(N)=O)ccc31)C(C(=O)O)C1C(=O)OC(c3ccccc3)C(c3ccccc3)N1C2c1ccccc1OCCO)c1ccccc1. The van der Waals surface area contributed by atoms with Crippen LogP contribution in [0.5, 0.6) is 5.75 Å². The predicted octanol–water partition coefficient (Wildman–Crippen LogP) is 5.30. The minimum absolute atomic E-state index is 0.0858. The fourth-order valence-corrected chi connectivity index (χ4v) is 9.28. The van der Waals surface area contributed by atoms with Crippen molar-refractivity contribution in [3.63, 3.8) is 0 Å². The van der Waals surface area contributed by atoms with Gasteiger partial charge in [-0.15, -0.1) is 0 Å². The predicted molar refractivity (Wildman–Crippen MR) is 226 cm³/mol. The minimum atomic E-state index is -2.24. The van der Waals surface area contributed by atoms with E-state index in [0.29, 0.717) is 22.3 Å². The molecule has 0 aliphatic carbocycles. The summed E-state index contributed by atoms with van der Waals surface area (Å²) in [5.41, 5.74) is 5.93. The van der Waals surface area contributed by atoms with E-state index in [4.69, 9.17) is 15.2 Å². The van der Waals surface area contributed by atoms with Crippen molar-refractivity contribution in [3.8, 4) is 17.6 Å². The van der Waals surface area contributed by atoms with Gasteiger partial charge in [0, 0.05) is 11.1 Å². The van der Waals surface area contributed by atoms with Crippen LogP contribution in [0.2, 0.25) is 0 Å². The summed E-state index contributed by atoms with van der Waals surface area (Å²) in [4.78, 5) is 74.2. The van der Waals surface area contributed by atoms with Crippen molar-refractivity contribution in [2.75, 3.05) is 24.7 Å². The Morgan fingerprint density at radius 2 is 1.52 bits per heavy atom. The summed E-state index contributed by atoms with van der Waals surface area (Å²) >= 11 is 0. The summed E-state index contributed by atoms with van der Waals surface area (Å²) in [6, 6.07) is 32.9. The number of para-hydroxylation sites is 1. The highest BCUT2D eigenvalue weighted by molar-refractivity contribution is 6.24. The maximum absolute atomic E-state index is 16.1. The second-order valence-corrected chi connectivity index (χ2v) is 15.2. The van der Waals surface area contributed by atoms with E-state index < -0.39 is 71.5 Å². The van der Waals surface area contributed by atoms with Crippen molar-refractivity contribution >= 4 is 35.6 Å². The van der Waals surface area contributed by atoms with E-state index in [1.54, 1.807) is 48.2 Å². The molecule has 5 amide bonds. The summed E-state index contributed by atoms with van der Waals surface area (Å²) in [6.07, 6.45) is -0.989. The smallest absolute Gasteiger partial charge is 0.329 e. The Bertz CT molecular complexity index is 2580. The van der Waals surface area contributed by atoms with Crippen molar-refractivity contribution in [2.24, 2.45) is 11.7 Å². The summed E-state index contributed by atoms with van der Waals surface area (Å²) in [5, 5.41) is 26.9. The normalized spacial score (nSPS) is 23.0. The molecule has 3 aliphatic heterocycles. The van der Waals surface area contributed by atoms with E-state index in [2.05, 4.69) is 22.5 Å². The van der Waals surface area contributed by atoms with Gasteiger partial charge in [-0.2, -0.15) is 0 Å². The lowest BCUT2D eigenvalue weighted by molar-refractivity contribution is -0.179. The molecule has 314 valence electrons. The van der Waals surface area contributed by atoms with E-state index in [-0.39, 0.29) is 36.8 Å². The number of nitrogens with one attached hydrogen (secondary N) is 2. The Balaban J connectivity index is 1.43. The number of nitrogens with two attached hydrogens (primary N) is 1. The third-order valence-electron chi connectivity index (χ3n) is 11.7. The van der Waals surface area contributed by atoms with Gasteiger partial charge in [-0.25, -0.2) is 14.5 Å². The second-order valence-electron chi connectivity index (χ2n) is 15.2. The van der Waals surface area contributed by atoms with Crippen molar-refractivity contribution in [1.82, 2.24) is 15.5 Å². The molecule has 3 aliphatic rings. The molecule has 5 aromatic carbocycles. The highest BCUT2D eigenvalue weighted by atomic mass is 16.6. The Labute approximate surface area is 357 Å². The van der Waals surface area contributed by atoms with Gasteiger partial charge in [0.25, 0.3) is 0 Å². The Hall–Kier alpha value is -7.47. The first kappa shape index (κ1) is 41.3. The molecule has 14 heteroatoms. The van der Waals surface area contributed by atoms with Gasteiger partial charge in [0.15, 0.2) is 0 Å². The molecule has 0 radical (unpaired) electrons. The summed E-state index contributed by atoms with van der Waals surface area (Å²) in [5.74, 6) is 0.897. The van der Waals surface area contributed by atoms with Gasteiger partial charge < -0.3 is 36.1 Å². The number of carboxylic acid groups (broad SMARTS) is 1. The number of morpholine rings is 1. The van der Waals surface area contributed by atoms with Gasteiger partial charge in [0.05, 0.1) is 37.0 Å². The third-order valence-corrected chi connectivity index (χ3v) is 11.7. The summed E-state index contributed by atoms with van der Waals surface area (Å²) < 4.78 is 12.5. The van der Waals surface area contributed by atoms with Gasteiger partial charge in [-0.05, 0) is 53.4 Å². The first-order valence-electron chi connectivity index (χ1n) is 20.1. The number of anilines is 1. The number of cyclic esters (lactones) is 1. The van der Waals surface area contributed by atoms with Crippen LogP contribution in [0.1, 0.15) is 64.5 Å². The maximum atomic E-state index is 16.1. The number of esters is 1. The third kappa shape index (κ3) is 7.16. The lowest BCUT2D eigenvalue weighted by Gasteiger charge is -2.46. The topological polar surface area (TPSA) is 201 Å². The van der Waals surface area contributed by atoms with E-state index in [9.17, 15) is 29.4 Å². The number of benzene rings is 5. The number of fused-ring (bicyclic) bond motifs is 3. The van der Waals surface area contributed by atoms with Gasteiger partial charge in [0.1, 0.15) is 35.8 Å². The maximum Gasteiger partial charge on any atom is 0.329 e. The van der Waals surface area contributed by atoms with Crippen LogP contribution in [0.25, 0.3) is 0 Å². The molecule has 14 nitrogen and oxygen atoms in total. The average molecular weight is 834 g/mol. The van der Waals surface area contributed by atoms with Gasteiger partial charge in [-0.3, -0.25) is 19.3 Å². The first-order chi connectivity index (χ1) is 30.1. The lowest BCUT2D eigenvalue weighted by atomic mass is 9.65. The number of carboxylic acids is 1. The van der Waals surface area contributed by atoms with Crippen LogP contribution in [0, 0.1) is 17.8 Å². The molecule has 2 saturated heterocycles. The number of carbonyl (C=O) groups excluding carboxylic acids is 4. The Kier molecular flexibility index (Phi) is 11.5. The lowest BCUT2D eigenvalue weighted by Crippen LogP contribution is -2.54. The highest BCUT2D eigenvalue weighted by Gasteiger charge is 2.76. The Morgan fingerprint density at radius 1 is 0.871 bits per heavy atom. The number of nitrogens with zero attached hydrogens (tertiary/aromatic N) is 2. The standard InChI is InChI=1S/C48H43N5O9/c1-29(31-15-5-2-6-16-31)51-47(60)52-36-24-23-30(14-13-25-50-46(49)59)28-35(36)48(45(52)58)38(43(55)56)40-44(57)62-41(33-19-9-4-10-20-33)39(32-17-7-3-8-18-32)53(40)42(48)34-21-11-12-22-37(34)61-27-26-54/h2-12,15-24,28-29,38-42,54H,25-27H2,1H3,(H,51,60)(H,55,56)(H3,49,50,59). The quantitative estimate of drug-likeness (QED) is 0.0909. The molecule has 62 heavy (non-hydrogen) atoms. The van der Waals surface area contributed by atoms with Crippen LogP contribution in [-0.2, 0) is 24.5 Å². The zero-order valence-electron chi connectivity index (χ0n) is 33.5. The highest BCUT2D eigenvalue weighted by Crippen LogP contribution is 2.66. The number of primary amides is 1. The van der Waals surface area contributed by atoms with Crippen molar-refractivity contribution in [3.05, 3.63) is 167 Å². The molecule has 1 spiro atoms. The summed E-state index contributed by atoms with van der Waals surface area (Å²) in [7, 11) is 0. The number of carbonyl (C=O) groups is 5. The second kappa shape index (κ2) is 17.3. The number of imide groups is 1. The van der Waals surface area contributed by atoms with E-state index >= 15 is 4.79 Å². The molecule has 0 aromatic heterocycles. The molecule has 0 bridgehead atoms. The van der Waals surface area contributed by atoms with Crippen LogP contribution < -0.4 is 26.0 Å². The van der Waals surface area contributed by atoms with Crippen molar-refractivity contribution < 1.29 is 43.7 Å². The number of hydrogen-bond acceptors (Lipinski definition) is 9. The number of aliphatic hydroxyl groups excluding tert-OH is 1. The van der Waals surface area contributed by atoms with E-state index in [0.717, 1.165) is 10.5 Å². The fraction of sp³-hybridized carbons (Fsp3) is 0.229. The number of aliphatic hydroxyl groups is 1. The van der Waals surface area contributed by atoms with Crippen LogP contribution in [0.4, 0.5) is 15.3 Å². The number of aliphatic carboxylic acids is 1. The molecule has 7 unspecified atom stereocenters. The zero-order chi connectivity index (χ0) is 43.5. The molecule has 8 rings (SSSR count). The fourth-order valence-electron chi connectivity index (χ4n) is 9.28. The molecular weight excluding hydrogens is 791 g/mol. The molecular formula is C48H43N5O9. The monoisotopic (exact) mass is 833 g/mol. The zero-order valence-corrected chi connectivity index (χ0v) is 33.5. The number of hydrogen-bond donors (Lipinski definition) is 5. The van der Waals surface area contributed by atoms with Crippen molar-refractivity contribution in [1.29, 1.82) is 0 Å². The first-order valence-corrected chi connectivity index (χ1v) is 20.1.